The average molecular weight is 691 g/mol. The van der Waals surface area contributed by atoms with Crippen LogP contribution in [-0.4, -0.2) is 72.8 Å². The molecular weight excluding hydrogens is 644 g/mol. The Hall–Kier alpha value is -4.52. The van der Waals surface area contributed by atoms with Crippen LogP contribution < -0.4 is 10.5 Å². The van der Waals surface area contributed by atoms with Crippen LogP contribution in [0.1, 0.15) is 63.9 Å². The summed E-state index contributed by atoms with van der Waals surface area (Å²) >= 11 is 0. The third kappa shape index (κ3) is 9.78. The van der Waals surface area contributed by atoms with Gasteiger partial charge in [0.1, 0.15) is 17.2 Å². The average Bonchev–Trinajstić information content (AvgIpc) is 3.38. The number of aliphatic hydroxyl groups excluding tert-OH is 1. The number of nitrogens with zero attached hydrogens (tertiary/aromatic N) is 3. The standard InChI is InChI=1S/C37H46N4O7S/c1-24(2)21-41(49(45,46)33-14-12-32(47-6)13-15-33)23-36(43)28(16-27-10-8-7-9-11-27)20-35(42)29-17-30(19-31(38)18-29)37(44)40(5)22-34-25(3)48-26(4)39-34/h7-15,17-19,24,28,36,43H,16,20-23,38H2,1-6H3/t28-,36-/m1/s1. The van der Waals surface area contributed by atoms with Crippen molar-refractivity contribution in [1.82, 2.24) is 14.2 Å². The zero-order valence-electron chi connectivity index (χ0n) is 28.9. The molecule has 0 fully saturated rings. The largest absolute Gasteiger partial charge is 0.497 e. The minimum atomic E-state index is -3.99. The second-order valence-corrected chi connectivity index (χ2v) is 14.7. The SMILES string of the molecule is COc1ccc(S(=O)(=O)N(CC(C)C)C[C@@H](O)[C@@H](CC(=O)c2cc(N)cc(C(=O)N(C)Cc3nc(C)oc3C)c2)Cc2ccccc2)cc1. The number of hydrogen-bond acceptors (Lipinski definition) is 9. The molecule has 0 saturated carbocycles. The topological polar surface area (TPSA) is 156 Å². The summed E-state index contributed by atoms with van der Waals surface area (Å²) in [6, 6.07) is 20.0. The number of hydrogen-bond donors (Lipinski definition) is 2. The number of oxazole rings is 1. The van der Waals surface area contributed by atoms with Gasteiger partial charge in [-0.1, -0.05) is 44.2 Å². The van der Waals surface area contributed by atoms with Crippen LogP contribution in [0.3, 0.4) is 0 Å². The molecule has 3 N–H and O–H groups in total. The molecule has 2 atom stereocenters. The number of sulfonamides is 1. The number of nitrogen functional groups attached to an aromatic ring is 1. The first kappa shape index (κ1) is 37.3. The van der Waals surface area contributed by atoms with Crippen LogP contribution in [0.25, 0.3) is 0 Å². The van der Waals surface area contributed by atoms with Crippen molar-refractivity contribution in [3.05, 3.63) is 107 Å². The van der Waals surface area contributed by atoms with Crippen LogP contribution in [0.4, 0.5) is 5.69 Å². The molecule has 0 radical (unpaired) electrons. The predicted octanol–water partition coefficient (Wildman–Crippen LogP) is 5.29. The molecule has 262 valence electrons. The summed E-state index contributed by atoms with van der Waals surface area (Å²) in [5.41, 5.74) is 8.40. The number of nitrogens with two attached hydrogens (primary N) is 1. The summed E-state index contributed by atoms with van der Waals surface area (Å²) in [7, 11) is -0.860. The molecule has 49 heavy (non-hydrogen) atoms. The second-order valence-electron chi connectivity index (χ2n) is 12.8. The molecule has 0 spiro atoms. The maximum atomic E-state index is 13.9. The molecule has 3 aromatic carbocycles. The van der Waals surface area contributed by atoms with E-state index in [2.05, 4.69) is 4.98 Å². The van der Waals surface area contributed by atoms with Crippen LogP contribution in [0, 0.1) is 25.7 Å². The number of anilines is 1. The highest BCUT2D eigenvalue weighted by Gasteiger charge is 2.32. The van der Waals surface area contributed by atoms with Gasteiger partial charge in [-0.2, -0.15) is 4.31 Å². The van der Waals surface area contributed by atoms with Gasteiger partial charge in [-0.15, -0.1) is 0 Å². The third-order valence-corrected chi connectivity index (χ3v) is 10.1. The lowest BCUT2D eigenvalue weighted by molar-refractivity contribution is 0.0689. The highest BCUT2D eigenvalue weighted by molar-refractivity contribution is 7.89. The molecule has 1 amide bonds. The Morgan fingerprint density at radius 2 is 1.63 bits per heavy atom. The molecule has 0 aliphatic heterocycles. The fraction of sp³-hybridized carbons (Fsp3) is 0.378. The Morgan fingerprint density at radius 3 is 2.22 bits per heavy atom. The van der Waals surface area contributed by atoms with Gasteiger partial charge in [0.25, 0.3) is 5.91 Å². The predicted molar refractivity (Wildman–Crippen MR) is 188 cm³/mol. The lowest BCUT2D eigenvalue weighted by atomic mass is 9.87. The van der Waals surface area contributed by atoms with Crippen LogP contribution in [0.5, 0.6) is 5.75 Å². The Balaban J connectivity index is 1.59. The Bertz CT molecular complexity index is 1840. The molecule has 0 aliphatic carbocycles. The number of rotatable bonds is 16. The first-order valence-corrected chi connectivity index (χ1v) is 17.6. The van der Waals surface area contributed by atoms with Crippen molar-refractivity contribution in [3.63, 3.8) is 0 Å². The number of carbonyl (C=O) groups is 2. The monoisotopic (exact) mass is 690 g/mol. The van der Waals surface area contributed by atoms with E-state index in [9.17, 15) is 23.1 Å². The van der Waals surface area contributed by atoms with Gasteiger partial charge in [0.2, 0.25) is 10.0 Å². The fourth-order valence-corrected chi connectivity index (χ4v) is 7.34. The molecule has 4 rings (SSSR count). The van der Waals surface area contributed by atoms with Gasteiger partial charge >= 0.3 is 0 Å². The normalized spacial score (nSPS) is 13.0. The van der Waals surface area contributed by atoms with E-state index in [0.29, 0.717) is 29.5 Å². The number of amides is 1. The lowest BCUT2D eigenvalue weighted by Crippen LogP contribution is -2.43. The van der Waals surface area contributed by atoms with Crippen LogP contribution in [0.2, 0.25) is 0 Å². The van der Waals surface area contributed by atoms with Crippen molar-refractivity contribution >= 4 is 27.4 Å². The second kappa shape index (κ2) is 16.3. The lowest BCUT2D eigenvalue weighted by Gasteiger charge is -2.30. The zero-order valence-corrected chi connectivity index (χ0v) is 29.7. The molecule has 0 unspecified atom stereocenters. The van der Waals surface area contributed by atoms with E-state index in [-0.39, 0.29) is 65.4 Å². The van der Waals surface area contributed by atoms with Crippen molar-refractivity contribution in [3.8, 4) is 5.75 Å². The summed E-state index contributed by atoms with van der Waals surface area (Å²) in [5.74, 6) is 0.269. The molecule has 0 aliphatic rings. The minimum absolute atomic E-state index is 0.0342. The van der Waals surface area contributed by atoms with Gasteiger partial charge in [0, 0.05) is 50.3 Å². The van der Waals surface area contributed by atoms with Crippen molar-refractivity contribution in [1.29, 1.82) is 0 Å². The van der Waals surface area contributed by atoms with Gasteiger partial charge in [0.05, 0.1) is 24.7 Å². The molecule has 11 nitrogen and oxygen atoms in total. The maximum absolute atomic E-state index is 13.9. The summed E-state index contributed by atoms with van der Waals surface area (Å²) < 4.78 is 39.6. The van der Waals surface area contributed by atoms with E-state index in [1.54, 1.807) is 33.0 Å². The van der Waals surface area contributed by atoms with Crippen molar-refractivity contribution in [2.75, 3.05) is 33.0 Å². The Kier molecular flexibility index (Phi) is 12.4. The first-order chi connectivity index (χ1) is 23.2. The van der Waals surface area contributed by atoms with Crippen LogP contribution in [-0.2, 0) is 23.0 Å². The van der Waals surface area contributed by atoms with Crippen molar-refractivity contribution in [2.45, 2.75) is 58.1 Å². The van der Waals surface area contributed by atoms with Crippen LogP contribution >= 0.6 is 0 Å². The summed E-state index contributed by atoms with van der Waals surface area (Å²) in [4.78, 5) is 33.2. The van der Waals surface area contributed by atoms with E-state index >= 15 is 0 Å². The summed E-state index contributed by atoms with van der Waals surface area (Å²) in [5, 5.41) is 11.7. The minimum Gasteiger partial charge on any atom is -0.497 e. The number of ketones is 1. The number of carbonyl (C=O) groups excluding carboxylic acids is 2. The van der Waals surface area contributed by atoms with E-state index < -0.39 is 22.0 Å². The van der Waals surface area contributed by atoms with E-state index in [0.717, 1.165) is 5.56 Å². The quantitative estimate of drug-likeness (QED) is 0.118. The number of aliphatic hydroxyl groups is 1. The smallest absolute Gasteiger partial charge is 0.254 e. The highest BCUT2D eigenvalue weighted by atomic mass is 32.2. The molecule has 1 heterocycles. The van der Waals surface area contributed by atoms with E-state index in [1.165, 1.54) is 46.6 Å². The molecule has 1 aromatic heterocycles. The van der Waals surface area contributed by atoms with Crippen molar-refractivity contribution < 1.29 is 32.3 Å². The van der Waals surface area contributed by atoms with Gasteiger partial charge < -0.3 is 24.9 Å². The van der Waals surface area contributed by atoms with Gasteiger partial charge in [-0.25, -0.2) is 13.4 Å². The molecule has 0 bridgehead atoms. The number of ether oxygens (including phenoxy) is 1. The van der Waals surface area contributed by atoms with Crippen LogP contribution in [0.15, 0.2) is 82.1 Å². The van der Waals surface area contributed by atoms with Crippen molar-refractivity contribution in [2.24, 2.45) is 11.8 Å². The van der Waals surface area contributed by atoms with Gasteiger partial charge in [0.15, 0.2) is 11.7 Å². The number of benzene rings is 3. The first-order valence-electron chi connectivity index (χ1n) is 16.2. The number of aryl methyl sites for hydroxylation is 2. The molecule has 0 saturated heterocycles. The van der Waals surface area contributed by atoms with E-state index in [1.807, 2.05) is 44.2 Å². The molecule has 12 heteroatoms. The Morgan fingerprint density at radius 1 is 0.980 bits per heavy atom. The highest BCUT2D eigenvalue weighted by Crippen LogP contribution is 2.26. The number of methoxy groups -OCH3 is 1. The van der Waals surface area contributed by atoms with Gasteiger partial charge in [-0.05, 0) is 73.2 Å². The summed E-state index contributed by atoms with van der Waals surface area (Å²) in [6.07, 6.45) is -0.990. The number of aromatic nitrogens is 1. The number of Topliss-reactive ketones (excluding diaryl/α,β-unsaturated/α-hetero) is 1. The third-order valence-electron chi connectivity index (χ3n) is 8.25. The van der Waals surface area contributed by atoms with Gasteiger partial charge in [-0.3, -0.25) is 9.59 Å². The zero-order chi connectivity index (χ0) is 35.9. The molecular formula is C37H46N4O7S. The fourth-order valence-electron chi connectivity index (χ4n) is 5.72. The molecule has 4 aromatic rings. The summed E-state index contributed by atoms with van der Waals surface area (Å²) in [6.45, 7) is 7.47. The maximum Gasteiger partial charge on any atom is 0.254 e. The Labute approximate surface area is 288 Å². The van der Waals surface area contributed by atoms with E-state index in [4.69, 9.17) is 14.9 Å².